The van der Waals surface area contributed by atoms with Crippen molar-refractivity contribution in [1.29, 1.82) is 0 Å². The summed E-state index contributed by atoms with van der Waals surface area (Å²) in [5, 5.41) is 0. The molecule has 2 rings (SSSR count). The molecule has 0 spiro atoms. The van der Waals surface area contributed by atoms with Crippen LogP contribution in [0.25, 0.3) is 0 Å². The van der Waals surface area contributed by atoms with Crippen molar-refractivity contribution in [3.05, 3.63) is 23.8 Å². The van der Waals surface area contributed by atoms with E-state index in [1.54, 1.807) is 0 Å². The van der Waals surface area contributed by atoms with Crippen molar-refractivity contribution < 1.29 is 9.47 Å². The molecule has 0 aliphatic carbocycles. The van der Waals surface area contributed by atoms with Gasteiger partial charge < -0.3 is 20.1 Å². The van der Waals surface area contributed by atoms with Crippen LogP contribution in [0.2, 0.25) is 0 Å². The van der Waals surface area contributed by atoms with Crippen LogP contribution in [0.15, 0.2) is 18.2 Å². The molecule has 0 amide bonds. The predicted octanol–water partition coefficient (Wildman–Crippen LogP) is 2.23. The van der Waals surface area contributed by atoms with Gasteiger partial charge in [0.15, 0.2) is 11.5 Å². The number of hydrogen-bond acceptors (Lipinski definition) is 4. The predicted molar refractivity (Wildman–Crippen MR) is 81.6 cm³/mol. The van der Waals surface area contributed by atoms with Crippen LogP contribution in [0, 0.1) is 0 Å². The minimum atomic E-state index is 0.221. The van der Waals surface area contributed by atoms with Gasteiger partial charge in [-0.2, -0.15) is 0 Å². The maximum absolute atomic E-state index is 6.30. The van der Waals surface area contributed by atoms with E-state index in [0.29, 0.717) is 19.1 Å². The van der Waals surface area contributed by atoms with Crippen molar-refractivity contribution in [2.45, 2.75) is 32.2 Å². The first kappa shape index (κ1) is 15.1. The number of ether oxygens (including phenoxy) is 2. The second kappa shape index (κ2) is 6.95. The smallest absolute Gasteiger partial charge is 0.161 e. The van der Waals surface area contributed by atoms with E-state index in [9.17, 15) is 0 Å². The van der Waals surface area contributed by atoms with E-state index in [-0.39, 0.29) is 6.04 Å². The van der Waals surface area contributed by atoms with Crippen LogP contribution in [-0.4, -0.2) is 44.3 Å². The fourth-order valence-electron chi connectivity index (χ4n) is 2.78. The molecule has 2 N–H and O–H groups in total. The Bertz CT molecular complexity index is 436. The highest BCUT2D eigenvalue weighted by molar-refractivity contribution is 5.44. The zero-order valence-corrected chi connectivity index (χ0v) is 12.8. The van der Waals surface area contributed by atoms with E-state index in [4.69, 9.17) is 15.2 Å². The number of likely N-dealkylation sites (N-methyl/N-ethyl adjacent to an activating group) is 1. The van der Waals surface area contributed by atoms with Crippen LogP contribution in [0.4, 0.5) is 0 Å². The van der Waals surface area contributed by atoms with Crippen LogP contribution < -0.4 is 15.2 Å². The zero-order chi connectivity index (χ0) is 14.5. The summed E-state index contributed by atoms with van der Waals surface area (Å²) < 4.78 is 11.3. The summed E-state index contributed by atoms with van der Waals surface area (Å²) in [7, 11) is 2.15. The van der Waals surface area contributed by atoms with Gasteiger partial charge >= 0.3 is 0 Å². The zero-order valence-electron chi connectivity index (χ0n) is 12.8. The Labute approximate surface area is 121 Å². The molecule has 0 unspecified atom stereocenters. The Morgan fingerprint density at radius 1 is 1.20 bits per heavy atom. The molecule has 1 aromatic carbocycles. The van der Waals surface area contributed by atoms with Crippen molar-refractivity contribution >= 4 is 0 Å². The first-order valence-corrected chi connectivity index (χ1v) is 7.49. The number of hydrogen-bond donors (Lipinski definition) is 1. The van der Waals surface area contributed by atoms with Gasteiger partial charge in [0, 0.05) is 18.5 Å². The molecular weight excluding hydrogens is 252 g/mol. The van der Waals surface area contributed by atoms with Gasteiger partial charge in [-0.25, -0.2) is 0 Å². The molecule has 4 heteroatoms. The third-order valence-corrected chi connectivity index (χ3v) is 3.86. The molecule has 4 nitrogen and oxygen atoms in total. The molecule has 20 heavy (non-hydrogen) atoms. The molecule has 0 bridgehead atoms. The lowest BCUT2D eigenvalue weighted by molar-refractivity contribution is 0.227. The maximum Gasteiger partial charge on any atom is 0.161 e. The van der Waals surface area contributed by atoms with Crippen molar-refractivity contribution in [1.82, 2.24) is 4.90 Å². The normalized spacial score (nSPS) is 23.6. The number of rotatable bonds is 5. The van der Waals surface area contributed by atoms with Gasteiger partial charge in [0.1, 0.15) is 0 Å². The summed E-state index contributed by atoms with van der Waals surface area (Å²) in [6.45, 7) is 7.33. The molecule has 2 atom stereocenters. The van der Waals surface area contributed by atoms with Crippen molar-refractivity contribution in [2.75, 3.05) is 33.4 Å². The molecule has 0 radical (unpaired) electrons. The SMILES string of the molecule is CCOc1ccc([C@@H]2CN(C)CC[C@@H]2N)cc1OCC. The van der Waals surface area contributed by atoms with Gasteiger partial charge in [-0.05, 0) is 51.6 Å². The monoisotopic (exact) mass is 278 g/mol. The number of nitrogens with zero attached hydrogens (tertiary/aromatic N) is 1. The molecule has 1 aliphatic rings. The highest BCUT2D eigenvalue weighted by atomic mass is 16.5. The molecule has 0 aromatic heterocycles. The molecular formula is C16H26N2O2. The molecule has 112 valence electrons. The summed E-state index contributed by atoms with van der Waals surface area (Å²) >= 11 is 0. The molecule has 1 heterocycles. The van der Waals surface area contributed by atoms with Gasteiger partial charge in [-0.1, -0.05) is 6.07 Å². The molecule has 1 saturated heterocycles. The largest absolute Gasteiger partial charge is 0.490 e. The average Bonchev–Trinajstić information content (AvgIpc) is 2.44. The van der Waals surface area contributed by atoms with Crippen molar-refractivity contribution in [2.24, 2.45) is 5.73 Å². The minimum absolute atomic E-state index is 0.221. The number of piperidine rings is 1. The number of nitrogens with two attached hydrogens (primary N) is 1. The van der Waals surface area contributed by atoms with E-state index in [0.717, 1.165) is 31.0 Å². The van der Waals surface area contributed by atoms with E-state index in [2.05, 4.69) is 24.1 Å². The molecule has 1 aromatic rings. The summed E-state index contributed by atoms with van der Waals surface area (Å²) in [5.74, 6) is 2.01. The van der Waals surface area contributed by atoms with Gasteiger partial charge in [0.25, 0.3) is 0 Å². The Morgan fingerprint density at radius 3 is 2.60 bits per heavy atom. The van der Waals surface area contributed by atoms with Crippen LogP contribution in [-0.2, 0) is 0 Å². The van der Waals surface area contributed by atoms with Gasteiger partial charge in [0.2, 0.25) is 0 Å². The lowest BCUT2D eigenvalue weighted by Gasteiger charge is -2.35. The van der Waals surface area contributed by atoms with E-state index in [1.165, 1.54) is 5.56 Å². The highest BCUT2D eigenvalue weighted by Crippen LogP contribution is 2.34. The van der Waals surface area contributed by atoms with Crippen LogP contribution in [0.3, 0.4) is 0 Å². The summed E-state index contributed by atoms with van der Waals surface area (Å²) in [6.07, 6.45) is 1.04. The lowest BCUT2D eigenvalue weighted by atomic mass is 9.86. The molecule has 1 fully saturated rings. The highest BCUT2D eigenvalue weighted by Gasteiger charge is 2.26. The molecule has 0 saturated carbocycles. The summed E-state index contributed by atoms with van der Waals surface area (Å²) in [4.78, 5) is 2.34. The van der Waals surface area contributed by atoms with Crippen molar-refractivity contribution in [3.8, 4) is 11.5 Å². The third-order valence-electron chi connectivity index (χ3n) is 3.86. The van der Waals surface area contributed by atoms with E-state index in [1.807, 2.05) is 19.9 Å². The Kier molecular flexibility index (Phi) is 5.26. The van der Waals surface area contributed by atoms with E-state index < -0.39 is 0 Å². The van der Waals surface area contributed by atoms with Crippen LogP contribution in [0.5, 0.6) is 11.5 Å². The fraction of sp³-hybridized carbons (Fsp3) is 0.625. The van der Waals surface area contributed by atoms with Gasteiger partial charge in [-0.3, -0.25) is 0 Å². The number of likely N-dealkylation sites (tertiary alicyclic amines) is 1. The third kappa shape index (κ3) is 3.44. The Morgan fingerprint density at radius 2 is 1.90 bits per heavy atom. The Balaban J connectivity index is 2.24. The van der Waals surface area contributed by atoms with Crippen LogP contribution >= 0.6 is 0 Å². The minimum Gasteiger partial charge on any atom is -0.490 e. The van der Waals surface area contributed by atoms with Gasteiger partial charge in [0.05, 0.1) is 13.2 Å². The molecule has 1 aliphatic heterocycles. The second-order valence-corrected chi connectivity index (χ2v) is 5.39. The average molecular weight is 278 g/mol. The van der Waals surface area contributed by atoms with Crippen molar-refractivity contribution in [3.63, 3.8) is 0 Å². The Hall–Kier alpha value is -1.26. The lowest BCUT2D eigenvalue weighted by Crippen LogP contribution is -2.44. The van der Waals surface area contributed by atoms with Gasteiger partial charge in [-0.15, -0.1) is 0 Å². The van der Waals surface area contributed by atoms with E-state index >= 15 is 0 Å². The maximum atomic E-state index is 6.30. The number of benzene rings is 1. The standard InChI is InChI=1S/C16H26N2O2/c1-4-19-15-7-6-12(10-16(15)20-5-2)13-11-18(3)9-8-14(13)17/h6-7,10,13-14H,4-5,8-9,11,17H2,1-3H3/t13-,14-/m0/s1. The fourth-order valence-corrected chi connectivity index (χ4v) is 2.78. The summed E-state index contributed by atoms with van der Waals surface area (Å²) in [5.41, 5.74) is 7.54. The quantitative estimate of drug-likeness (QED) is 0.897. The topological polar surface area (TPSA) is 47.7 Å². The second-order valence-electron chi connectivity index (χ2n) is 5.39. The first-order valence-electron chi connectivity index (χ1n) is 7.49. The first-order chi connectivity index (χ1) is 9.65. The van der Waals surface area contributed by atoms with Crippen LogP contribution in [0.1, 0.15) is 31.7 Å². The summed E-state index contributed by atoms with van der Waals surface area (Å²) in [6, 6.07) is 6.44.